The molecule has 114 valence electrons. The molecule has 0 unspecified atom stereocenters. The molecule has 1 aromatic carbocycles. The van der Waals surface area contributed by atoms with Crippen LogP contribution in [0, 0.1) is 5.92 Å². The van der Waals surface area contributed by atoms with Gasteiger partial charge in [-0.3, -0.25) is 9.59 Å². The number of alkyl halides is 2. The lowest BCUT2D eigenvalue weighted by atomic mass is 10.1. The second kappa shape index (κ2) is 6.51. The minimum atomic E-state index is -2.95. The van der Waals surface area contributed by atoms with Gasteiger partial charge in [0.1, 0.15) is 5.75 Å². The van der Waals surface area contributed by atoms with Crippen LogP contribution in [-0.4, -0.2) is 29.6 Å². The van der Waals surface area contributed by atoms with Crippen LogP contribution >= 0.6 is 0 Å². The lowest BCUT2D eigenvalue weighted by Crippen LogP contribution is -2.33. The van der Waals surface area contributed by atoms with Crippen LogP contribution in [0.15, 0.2) is 24.3 Å². The van der Waals surface area contributed by atoms with E-state index in [1.165, 1.54) is 24.3 Å². The van der Waals surface area contributed by atoms with Gasteiger partial charge in [-0.1, -0.05) is 6.07 Å². The summed E-state index contributed by atoms with van der Waals surface area (Å²) in [5.41, 5.74) is 0.201. The van der Waals surface area contributed by atoms with E-state index in [2.05, 4.69) is 10.1 Å². The normalized spacial score (nSPS) is 21.3. The molecule has 0 aliphatic heterocycles. The van der Waals surface area contributed by atoms with Gasteiger partial charge in [0.25, 0.3) is 5.91 Å². The molecular formula is C14H15F2NO4. The molecule has 0 heterocycles. The third-order valence-corrected chi connectivity index (χ3v) is 3.44. The van der Waals surface area contributed by atoms with Crippen LogP contribution in [-0.2, 0) is 4.79 Å². The lowest BCUT2D eigenvalue weighted by molar-refractivity contribution is -0.141. The Kier molecular flexibility index (Phi) is 4.72. The molecule has 0 radical (unpaired) electrons. The number of carbonyl (C=O) groups excluding carboxylic acids is 1. The summed E-state index contributed by atoms with van der Waals surface area (Å²) in [7, 11) is 0. The van der Waals surface area contributed by atoms with Gasteiger partial charge in [-0.25, -0.2) is 0 Å². The second-order valence-corrected chi connectivity index (χ2v) is 4.92. The Balaban J connectivity index is 1.96. The molecule has 5 nitrogen and oxygen atoms in total. The Bertz CT molecular complexity index is 535. The van der Waals surface area contributed by atoms with Crippen LogP contribution in [0.5, 0.6) is 5.75 Å². The topological polar surface area (TPSA) is 75.6 Å². The van der Waals surface area contributed by atoms with Crippen molar-refractivity contribution >= 4 is 11.9 Å². The van der Waals surface area contributed by atoms with E-state index in [9.17, 15) is 18.4 Å². The van der Waals surface area contributed by atoms with Crippen molar-refractivity contribution in [3.63, 3.8) is 0 Å². The van der Waals surface area contributed by atoms with E-state index in [1.807, 2.05) is 0 Å². The highest BCUT2D eigenvalue weighted by molar-refractivity contribution is 5.94. The predicted octanol–water partition coefficient (Wildman–Crippen LogP) is 2.27. The largest absolute Gasteiger partial charge is 0.481 e. The number of carboxylic acids is 1. The van der Waals surface area contributed by atoms with Crippen molar-refractivity contribution in [2.45, 2.75) is 31.9 Å². The first-order chi connectivity index (χ1) is 9.95. The number of carboxylic acid groups (broad SMARTS) is 1. The molecule has 0 aromatic heterocycles. The first-order valence-electron chi connectivity index (χ1n) is 6.54. The molecule has 1 amide bonds. The average molecular weight is 299 g/mol. The zero-order valence-corrected chi connectivity index (χ0v) is 11.1. The van der Waals surface area contributed by atoms with Crippen LogP contribution in [0.4, 0.5) is 8.78 Å². The number of hydrogen-bond acceptors (Lipinski definition) is 3. The number of aliphatic carboxylic acids is 1. The van der Waals surface area contributed by atoms with Crippen LogP contribution in [0.3, 0.4) is 0 Å². The summed E-state index contributed by atoms with van der Waals surface area (Å²) in [6.07, 6.45) is 1.50. The third-order valence-electron chi connectivity index (χ3n) is 3.44. The predicted molar refractivity (Wildman–Crippen MR) is 69.3 cm³/mol. The fourth-order valence-corrected chi connectivity index (χ4v) is 2.42. The highest BCUT2D eigenvalue weighted by Crippen LogP contribution is 2.26. The Morgan fingerprint density at radius 3 is 2.71 bits per heavy atom. The van der Waals surface area contributed by atoms with Crippen molar-refractivity contribution in [3.8, 4) is 5.75 Å². The van der Waals surface area contributed by atoms with E-state index in [4.69, 9.17) is 5.11 Å². The van der Waals surface area contributed by atoms with Gasteiger partial charge in [-0.2, -0.15) is 8.78 Å². The minimum Gasteiger partial charge on any atom is -0.481 e. The molecule has 1 fully saturated rings. The van der Waals surface area contributed by atoms with Gasteiger partial charge >= 0.3 is 12.6 Å². The third kappa shape index (κ3) is 4.14. The molecule has 0 spiro atoms. The van der Waals surface area contributed by atoms with Crippen LogP contribution in [0.2, 0.25) is 0 Å². The fraction of sp³-hybridized carbons (Fsp3) is 0.429. The van der Waals surface area contributed by atoms with Gasteiger partial charge in [0, 0.05) is 11.6 Å². The maximum atomic E-state index is 12.1. The van der Waals surface area contributed by atoms with Crippen LogP contribution in [0.1, 0.15) is 29.6 Å². The molecule has 2 rings (SSSR count). The molecule has 1 aromatic rings. The molecule has 1 aliphatic rings. The monoisotopic (exact) mass is 299 g/mol. The van der Waals surface area contributed by atoms with Crippen LogP contribution in [0.25, 0.3) is 0 Å². The summed E-state index contributed by atoms with van der Waals surface area (Å²) in [5.74, 6) is -1.82. The summed E-state index contributed by atoms with van der Waals surface area (Å²) in [6, 6.07) is 5.28. The van der Waals surface area contributed by atoms with E-state index in [0.717, 1.165) is 0 Å². The van der Waals surface area contributed by atoms with Crippen molar-refractivity contribution in [1.82, 2.24) is 5.32 Å². The summed E-state index contributed by atoms with van der Waals surface area (Å²) < 4.78 is 28.5. The number of amides is 1. The Hall–Kier alpha value is -2.18. The second-order valence-electron chi connectivity index (χ2n) is 4.92. The van der Waals surface area contributed by atoms with Gasteiger partial charge < -0.3 is 15.2 Å². The summed E-state index contributed by atoms with van der Waals surface area (Å²) in [6.45, 7) is -2.95. The van der Waals surface area contributed by atoms with E-state index in [-0.39, 0.29) is 17.4 Å². The van der Waals surface area contributed by atoms with Crippen molar-refractivity contribution in [1.29, 1.82) is 0 Å². The van der Waals surface area contributed by atoms with Crippen LogP contribution < -0.4 is 10.1 Å². The number of nitrogens with one attached hydrogen (secondary N) is 1. The standard InChI is InChI=1S/C14H15F2NO4/c15-14(16)21-11-3-1-2-8(7-11)12(18)17-10-5-4-9(6-10)13(19)20/h1-3,7,9-10,14H,4-6H2,(H,17,18)(H,19,20)/t9-,10+/m0/s1. The Morgan fingerprint density at radius 1 is 1.33 bits per heavy atom. The van der Waals surface area contributed by atoms with Crippen molar-refractivity contribution in [2.24, 2.45) is 5.92 Å². The van der Waals surface area contributed by atoms with Gasteiger partial charge in [-0.05, 0) is 37.5 Å². The molecule has 0 bridgehead atoms. The fourth-order valence-electron chi connectivity index (χ4n) is 2.42. The summed E-state index contributed by atoms with van der Waals surface area (Å²) >= 11 is 0. The van der Waals surface area contributed by atoms with Crippen molar-refractivity contribution in [3.05, 3.63) is 29.8 Å². The molecule has 1 saturated carbocycles. The number of rotatable bonds is 5. The Labute approximate surface area is 119 Å². The van der Waals surface area contributed by atoms with Crippen molar-refractivity contribution < 1.29 is 28.2 Å². The Morgan fingerprint density at radius 2 is 2.10 bits per heavy atom. The highest BCUT2D eigenvalue weighted by atomic mass is 19.3. The number of halogens is 2. The minimum absolute atomic E-state index is 0.0903. The molecule has 2 atom stereocenters. The number of hydrogen-bond donors (Lipinski definition) is 2. The maximum Gasteiger partial charge on any atom is 0.387 e. The summed E-state index contributed by atoms with van der Waals surface area (Å²) in [4.78, 5) is 22.9. The molecule has 0 saturated heterocycles. The van der Waals surface area contributed by atoms with Gasteiger partial charge in [0.2, 0.25) is 0 Å². The zero-order chi connectivity index (χ0) is 15.4. The first kappa shape index (κ1) is 15.2. The first-order valence-corrected chi connectivity index (χ1v) is 6.54. The smallest absolute Gasteiger partial charge is 0.387 e. The van der Waals surface area contributed by atoms with Crippen molar-refractivity contribution in [2.75, 3.05) is 0 Å². The quantitative estimate of drug-likeness (QED) is 0.874. The maximum absolute atomic E-state index is 12.1. The molecule has 2 N–H and O–H groups in total. The van der Waals surface area contributed by atoms with Gasteiger partial charge in [0.05, 0.1) is 5.92 Å². The van der Waals surface area contributed by atoms with E-state index < -0.39 is 24.4 Å². The zero-order valence-electron chi connectivity index (χ0n) is 11.1. The number of carbonyl (C=O) groups is 2. The highest BCUT2D eigenvalue weighted by Gasteiger charge is 2.30. The van der Waals surface area contributed by atoms with Gasteiger partial charge in [0.15, 0.2) is 0 Å². The van der Waals surface area contributed by atoms with E-state index >= 15 is 0 Å². The molecule has 1 aliphatic carbocycles. The summed E-state index contributed by atoms with van der Waals surface area (Å²) in [5, 5.41) is 11.6. The van der Waals surface area contributed by atoms with Gasteiger partial charge in [-0.15, -0.1) is 0 Å². The molecule has 7 heteroatoms. The molecular weight excluding hydrogens is 284 g/mol. The van der Waals surface area contributed by atoms with E-state index in [0.29, 0.717) is 19.3 Å². The molecule has 21 heavy (non-hydrogen) atoms. The number of ether oxygens (including phenoxy) is 1. The average Bonchev–Trinajstić information content (AvgIpc) is 2.87. The lowest BCUT2D eigenvalue weighted by Gasteiger charge is -2.13. The van der Waals surface area contributed by atoms with E-state index in [1.54, 1.807) is 0 Å². The SMILES string of the molecule is O=C(N[C@@H]1CC[C@H](C(=O)O)C1)c1cccc(OC(F)F)c1. The number of benzene rings is 1.